The van der Waals surface area contributed by atoms with Gasteiger partial charge in [0.05, 0.1) is 17.6 Å². The van der Waals surface area contributed by atoms with E-state index < -0.39 is 16.0 Å². The van der Waals surface area contributed by atoms with Gasteiger partial charge in [-0.15, -0.1) is 5.10 Å². The molecule has 1 saturated heterocycles. The van der Waals surface area contributed by atoms with E-state index in [-0.39, 0.29) is 41.4 Å². The van der Waals surface area contributed by atoms with Crippen molar-refractivity contribution in [1.82, 2.24) is 14.5 Å². The van der Waals surface area contributed by atoms with Gasteiger partial charge in [-0.3, -0.25) is 10.1 Å². The second-order valence-electron chi connectivity index (χ2n) is 6.28. The van der Waals surface area contributed by atoms with Crippen LogP contribution in [0.15, 0.2) is 33.6 Å². The first-order chi connectivity index (χ1) is 13.3. The van der Waals surface area contributed by atoms with Gasteiger partial charge in [-0.2, -0.15) is 4.31 Å². The fourth-order valence-corrected chi connectivity index (χ4v) is 4.67. The third-order valence-corrected chi connectivity index (χ3v) is 6.45. The summed E-state index contributed by atoms with van der Waals surface area (Å²) in [5.74, 6) is -1.06. The van der Waals surface area contributed by atoms with E-state index in [2.05, 4.69) is 20.3 Å². The fourth-order valence-electron chi connectivity index (χ4n) is 3.02. The van der Waals surface area contributed by atoms with Crippen LogP contribution in [0.1, 0.15) is 29.1 Å². The molecule has 0 spiro atoms. The normalized spacial score (nSPS) is 15.9. The summed E-state index contributed by atoms with van der Waals surface area (Å²) in [6, 6.07) is 5.92. The molecule has 1 aliphatic heterocycles. The number of hydrogen-bond acceptors (Lipinski definition) is 8. The Balaban J connectivity index is 1.69. The molecule has 0 bridgehead atoms. The molecule has 0 radical (unpaired) electrons. The first-order valence-corrected chi connectivity index (χ1v) is 10.1. The summed E-state index contributed by atoms with van der Waals surface area (Å²) < 4.78 is 37.0. The monoisotopic (exact) mass is 408 g/mol. The molecule has 1 N–H and O–H groups in total. The molecule has 150 valence electrons. The molecular weight excluding hydrogens is 388 g/mol. The van der Waals surface area contributed by atoms with Crippen LogP contribution in [-0.2, 0) is 19.6 Å². The SMILES string of the molecule is COC(=O)c1ccccc1S(=O)(=O)N1CCC(C(=O)Nc2nnc(C)o2)CC1. The van der Waals surface area contributed by atoms with Gasteiger partial charge in [0, 0.05) is 25.9 Å². The number of amides is 1. The summed E-state index contributed by atoms with van der Waals surface area (Å²) in [4.78, 5) is 24.1. The average Bonchev–Trinajstić information content (AvgIpc) is 3.12. The maximum Gasteiger partial charge on any atom is 0.339 e. The Morgan fingerprint density at radius 2 is 1.89 bits per heavy atom. The summed E-state index contributed by atoms with van der Waals surface area (Å²) in [5.41, 5.74) is -0.0170. The van der Waals surface area contributed by atoms with Gasteiger partial charge >= 0.3 is 12.0 Å². The third-order valence-electron chi connectivity index (χ3n) is 4.49. The van der Waals surface area contributed by atoms with Gasteiger partial charge in [0.25, 0.3) is 0 Å². The number of nitrogens with one attached hydrogen (secondary N) is 1. The van der Waals surface area contributed by atoms with E-state index in [0.717, 1.165) is 0 Å². The number of aryl methyl sites for hydroxylation is 1. The predicted molar refractivity (Wildman–Crippen MR) is 96.9 cm³/mol. The minimum Gasteiger partial charge on any atom is -0.465 e. The van der Waals surface area contributed by atoms with Crippen LogP contribution in [-0.4, -0.2) is 55.0 Å². The Hall–Kier alpha value is -2.79. The van der Waals surface area contributed by atoms with Crippen molar-refractivity contribution < 1.29 is 27.2 Å². The number of carbonyl (C=O) groups is 2. The number of methoxy groups -OCH3 is 1. The second-order valence-corrected chi connectivity index (χ2v) is 8.19. The minimum absolute atomic E-state index is 0.0170. The maximum atomic E-state index is 13.0. The van der Waals surface area contributed by atoms with E-state index in [1.54, 1.807) is 19.1 Å². The second kappa shape index (κ2) is 8.07. The van der Waals surface area contributed by atoms with Crippen LogP contribution in [0.25, 0.3) is 0 Å². The van der Waals surface area contributed by atoms with E-state index in [4.69, 9.17) is 4.42 Å². The van der Waals surface area contributed by atoms with E-state index in [0.29, 0.717) is 18.7 Å². The van der Waals surface area contributed by atoms with Gasteiger partial charge in [0.15, 0.2) is 0 Å². The highest BCUT2D eigenvalue weighted by molar-refractivity contribution is 7.89. The number of carbonyl (C=O) groups excluding carboxylic acids is 2. The Bertz CT molecular complexity index is 979. The topological polar surface area (TPSA) is 132 Å². The molecule has 1 aromatic carbocycles. The number of anilines is 1. The Morgan fingerprint density at radius 3 is 2.50 bits per heavy atom. The van der Waals surface area contributed by atoms with E-state index in [1.165, 1.54) is 23.5 Å². The Kier molecular flexibility index (Phi) is 5.75. The molecule has 3 rings (SSSR count). The zero-order valence-electron chi connectivity index (χ0n) is 15.4. The van der Waals surface area contributed by atoms with E-state index in [1.807, 2.05) is 0 Å². The number of benzene rings is 1. The molecule has 1 amide bonds. The number of aromatic nitrogens is 2. The Labute approximate surface area is 161 Å². The van der Waals surface area contributed by atoms with Gasteiger partial charge in [-0.05, 0) is 25.0 Å². The van der Waals surface area contributed by atoms with Crippen molar-refractivity contribution in [3.8, 4) is 0 Å². The number of hydrogen-bond donors (Lipinski definition) is 1. The molecule has 0 aliphatic carbocycles. The average molecular weight is 408 g/mol. The van der Waals surface area contributed by atoms with Crippen LogP contribution in [0.5, 0.6) is 0 Å². The van der Waals surface area contributed by atoms with E-state index >= 15 is 0 Å². The van der Waals surface area contributed by atoms with Crippen molar-refractivity contribution in [2.75, 3.05) is 25.5 Å². The molecule has 28 heavy (non-hydrogen) atoms. The van der Waals surface area contributed by atoms with Crippen LogP contribution in [0.4, 0.5) is 6.01 Å². The lowest BCUT2D eigenvalue weighted by atomic mass is 9.97. The highest BCUT2D eigenvalue weighted by Gasteiger charge is 2.34. The summed E-state index contributed by atoms with van der Waals surface area (Å²) in [6.45, 7) is 1.91. The summed E-state index contributed by atoms with van der Waals surface area (Å²) in [6.07, 6.45) is 0.664. The summed E-state index contributed by atoms with van der Waals surface area (Å²) >= 11 is 0. The predicted octanol–water partition coefficient (Wildman–Crippen LogP) is 1.20. The fraction of sp³-hybridized carbons (Fsp3) is 0.412. The number of esters is 1. The molecule has 1 aromatic heterocycles. The van der Waals surface area contributed by atoms with Crippen molar-refractivity contribution in [1.29, 1.82) is 0 Å². The lowest BCUT2D eigenvalue weighted by molar-refractivity contribution is -0.121. The standard InChI is InChI=1S/C17H20N4O6S/c1-11-19-20-17(27-11)18-15(22)12-7-9-21(10-8-12)28(24,25)14-6-4-3-5-13(14)16(23)26-2/h3-6,12H,7-10H2,1-2H3,(H,18,20,22). The van der Waals surface area contributed by atoms with Crippen LogP contribution in [0.2, 0.25) is 0 Å². The number of ether oxygens (including phenoxy) is 1. The molecule has 1 aliphatic rings. The smallest absolute Gasteiger partial charge is 0.339 e. The van der Waals surface area contributed by atoms with Crippen LogP contribution < -0.4 is 5.32 Å². The lowest BCUT2D eigenvalue weighted by Gasteiger charge is -2.30. The van der Waals surface area contributed by atoms with E-state index in [9.17, 15) is 18.0 Å². The quantitative estimate of drug-likeness (QED) is 0.730. The number of nitrogens with zero attached hydrogens (tertiary/aromatic N) is 3. The van der Waals surface area contributed by atoms with Crippen LogP contribution in [0.3, 0.4) is 0 Å². The molecular formula is C17H20N4O6S. The zero-order valence-corrected chi connectivity index (χ0v) is 16.2. The van der Waals surface area contributed by atoms with Gasteiger partial charge in [0.1, 0.15) is 0 Å². The van der Waals surface area contributed by atoms with Gasteiger partial charge in [0.2, 0.25) is 21.8 Å². The molecule has 0 saturated carbocycles. The Morgan fingerprint density at radius 1 is 1.21 bits per heavy atom. The highest BCUT2D eigenvalue weighted by atomic mass is 32.2. The van der Waals surface area contributed by atoms with Crippen molar-refractivity contribution in [2.24, 2.45) is 5.92 Å². The van der Waals surface area contributed by atoms with Crippen molar-refractivity contribution in [3.05, 3.63) is 35.7 Å². The molecule has 0 atom stereocenters. The van der Waals surface area contributed by atoms with Crippen LogP contribution in [0, 0.1) is 12.8 Å². The van der Waals surface area contributed by atoms with Crippen molar-refractivity contribution in [3.63, 3.8) is 0 Å². The van der Waals surface area contributed by atoms with Gasteiger partial charge < -0.3 is 9.15 Å². The zero-order chi connectivity index (χ0) is 20.3. The summed E-state index contributed by atoms with van der Waals surface area (Å²) in [5, 5.41) is 9.89. The van der Waals surface area contributed by atoms with Crippen LogP contribution >= 0.6 is 0 Å². The number of sulfonamides is 1. The largest absolute Gasteiger partial charge is 0.465 e. The number of piperidine rings is 1. The minimum atomic E-state index is -3.89. The molecule has 10 nitrogen and oxygen atoms in total. The summed E-state index contributed by atoms with van der Waals surface area (Å²) in [7, 11) is -2.70. The maximum absolute atomic E-state index is 13.0. The molecule has 11 heteroatoms. The number of rotatable bonds is 5. The molecule has 2 heterocycles. The van der Waals surface area contributed by atoms with Crippen molar-refractivity contribution in [2.45, 2.75) is 24.7 Å². The third kappa shape index (κ3) is 4.04. The van der Waals surface area contributed by atoms with Crippen molar-refractivity contribution >= 4 is 27.9 Å². The first-order valence-electron chi connectivity index (χ1n) is 8.61. The first kappa shape index (κ1) is 20.0. The molecule has 1 fully saturated rings. The molecule has 2 aromatic rings. The van der Waals surface area contributed by atoms with Gasteiger partial charge in [-0.25, -0.2) is 13.2 Å². The van der Waals surface area contributed by atoms with Gasteiger partial charge in [-0.1, -0.05) is 17.2 Å². The highest BCUT2D eigenvalue weighted by Crippen LogP contribution is 2.27. The molecule has 0 unspecified atom stereocenters. The lowest BCUT2D eigenvalue weighted by Crippen LogP contribution is -2.41.